The summed E-state index contributed by atoms with van der Waals surface area (Å²) in [5.41, 5.74) is 1.11. The van der Waals surface area contributed by atoms with E-state index >= 15 is 0 Å². The van der Waals surface area contributed by atoms with Gasteiger partial charge in [0.25, 0.3) is 5.91 Å². The molecule has 4 rings (SSSR count). The zero-order valence-electron chi connectivity index (χ0n) is 15.1. The van der Waals surface area contributed by atoms with Gasteiger partial charge in [0.1, 0.15) is 5.82 Å². The Morgan fingerprint density at radius 1 is 0.931 bits per heavy atom. The molecule has 0 saturated carbocycles. The van der Waals surface area contributed by atoms with Crippen molar-refractivity contribution in [2.75, 3.05) is 12.1 Å². The summed E-state index contributed by atoms with van der Waals surface area (Å²) < 4.78 is 29.1. The lowest BCUT2D eigenvalue weighted by Crippen LogP contribution is -2.26. The van der Waals surface area contributed by atoms with Crippen LogP contribution in [0.25, 0.3) is 0 Å². The summed E-state index contributed by atoms with van der Waals surface area (Å²) in [6, 6.07) is 18.6. The lowest BCUT2D eigenvalue weighted by atomic mass is 10.1. The van der Waals surface area contributed by atoms with Gasteiger partial charge < -0.3 is 19.5 Å². The smallest absolute Gasteiger partial charge is 0.339 e. The molecule has 0 aliphatic carbocycles. The molecular weight excluding hydrogens is 377 g/mol. The van der Waals surface area contributed by atoms with Crippen molar-refractivity contribution in [3.8, 4) is 11.5 Å². The first-order valence-electron chi connectivity index (χ1n) is 8.82. The van der Waals surface area contributed by atoms with E-state index in [1.54, 1.807) is 36.4 Å². The highest BCUT2D eigenvalue weighted by Gasteiger charge is 2.27. The molecule has 0 spiro atoms. The number of nitrogens with one attached hydrogen (secondary N) is 1. The van der Waals surface area contributed by atoms with Crippen LogP contribution in [0.15, 0.2) is 72.8 Å². The molecule has 6 nitrogen and oxygen atoms in total. The first kappa shape index (κ1) is 18.5. The quantitative estimate of drug-likeness (QED) is 0.661. The Morgan fingerprint density at radius 3 is 2.41 bits per heavy atom. The molecule has 1 aliphatic heterocycles. The Bertz CT molecular complexity index is 1040. The monoisotopic (exact) mass is 393 g/mol. The van der Waals surface area contributed by atoms with Gasteiger partial charge in [0.2, 0.25) is 12.9 Å². The van der Waals surface area contributed by atoms with E-state index in [-0.39, 0.29) is 12.4 Å². The molecule has 146 valence electrons. The highest BCUT2D eigenvalue weighted by molar-refractivity contribution is 5.98. The van der Waals surface area contributed by atoms with Crippen LogP contribution >= 0.6 is 0 Å². The fourth-order valence-corrected chi connectivity index (χ4v) is 2.84. The summed E-state index contributed by atoms with van der Waals surface area (Å²) >= 11 is 0. The molecule has 0 saturated heterocycles. The van der Waals surface area contributed by atoms with E-state index < -0.39 is 23.8 Å². The van der Waals surface area contributed by atoms with Gasteiger partial charge in [-0.15, -0.1) is 0 Å². The normalized spacial score (nSPS) is 12.9. The van der Waals surface area contributed by atoms with Crippen molar-refractivity contribution in [3.05, 3.63) is 89.7 Å². The molecule has 7 heteroatoms. The number of carbonyl (C=O) groups is 2. The van der Waals surface area contributed by atoms with E-state index in [0.29, 0.717) is 22.7 Å². The number of hydrogen-bond donors (Lipinski definition) is 1. The number of hydrogen-bond acceptors (Lipinski definition) is 5. The number of fused-ring (bicyclic) bond motifs is 1. The standard InChI is InChI=1S/C22H16FNO5/c23-16-7-9-17(10-8-16)24-21(25)20(14-4-2-1-3-5-14)29-22(26)15-6-11-18-19(12-15)28-13-27-18/h1-12,20H,13H2,(H,24,25)/t20-/m0/s1. The second-order valence-corrected chi connectivity index (χ2v) is 6.26. The molecule has 29 heavy (non-hydrogen) atoms. The molecule has 1 heterocycles. The molecule has 1 amide bonds. The molecule has 0 fully saturated rings. The molecule has 3 aromatic rings. The zero-order chi connectivity index (χ0) is 20.2. The molecular formula is C22H16FNO5. The van der Waals surface area contributed by atoms with Crippen molar-refractivity contribution in [2.24, 2.45) is 0 Å². The van der Waals surface area contributed by atoms with E-state index in [2.05, 4.69) is 5.32 Å². The van der Waals surface area contributed by atoms with Crippen molar-refractivity contribution in [1.29, 1.82) is 0 Å². The minimum Gasteiger partial charge on any atom is -0.454 e. The van der Waals surface area contributed by atoms with Crippen LogP contribution in [0.1, 0.15) is 22.0 Å². The van der Waals surface area contributed by atoms with Crippen LogP contribution in [-0.2, 0) is 9.53 Å². The Kier molecular flexibility index (Phi) is 5.11. The molecule has 3 aromatic carbocycles. The maximum atomic E-state index is 13.1. The van der Waals surface area contributed by atoms with Crippen molar-refractivity contribution in [1.82, 2.24) is 0 Å². The number of rotatable bonds is 5. The minimum absolute atomic E-state index is 0.0839. The van der Waals surface area contributed by atoms with Gasteiger partial charge in [0.05, 0.1) is 5.56 Å². The first-order chi connectivity index (χ1) is 14.1. The molecule has 1 aliphatic rings. The average molecular weight is 393 g/mol. The predicted octanol–water partition coefficient (Wildman–Crippen LogP) is 4.09. The Hall–Kier alpha value is -3.87. The molecule has 0 radical (unpaired) electrons. The maximum absolute atomic E-state index is 13.1. The van der Waals surface area contributed by atoms with Crippen molar-refractivity contribution in [3.63, 3.8) is 0 Å². The first-order valence-corrected chi connectivity index (χ1v) is 8.82. The number of carbonyl (C=O) groups excluding carboxylic acids is 2. The molecule has 0 unspecified atom stereocenters. The fourth-order valence-electron chi connectivity index (χ4n) is 2.84. The van der Waals surface area contributed by atoms with E-state index in [4.69, 9.17) is 14.2 Å². The Morgan fingerprint density at radius 2 is 1.66 bits per heavy atom. The molecule has 0 aromatic heterocycles. The van der Waals surface area contributed by atoms with Crippen LogP contribution in [0, 0.1) is 5.82 Å². The van der Waals surface area contributed by atoms with Gasteiger partial charge in [-0.05, 0) is 42.5 Å². The second-order valence-electron chi connectivity index (χ2n) is 6.26. The topological polar surface area (TPSA) is 73.9 Å². The van der Waals surface area contributed by atoms with Gasteiger partial charge in [0.15, 0.2) is 11.5 Å². The van der Waals surface area contributed by atoms with Gasteiger partial charge in [-0.2, -0.15) is 0 Å². The predicted molar refractivity (Wildman–Crippen MR) is 102 cm³/mol. The lowest BCUT2D eigenvalue weighted by molar-refractivity contribution is -0.125. The van der Waals surface area contributed by atoms with Crippen LogP contribution < -0.4 is 14.8 Å². The van der Waals surface area contributed by atoms with Crippen molar-refractivity contribution >= 4 is 17.6 Å². The van der Waals surface area contributed by atoms with Gasteiger partial charge in [0, 0.05) is 11.3 Å². The van der Waals surface area contributed by atoms with Gasteiger partial charge >= 0.3 is 5.97 Å². The Balaban J connectivity index is 1.56. The van der Waals surface area contributed by atoms with Crippen LogP contribution in [-0.4, -0.2) is 18.7 Å². The third-order valence-corrected chi connectivity index (χ3v) is 4.29. The number of benzene rings is 3. The fraction of sp³-hybridized carbons (Fsp3) is 0.0909. The van der Waals surface area contributed by atoms with E-state index in [9.17, 15) is 14.0 Å². The number of halogens is 1. The SMILES string of the molecule is O=C(O[C@H](C(=O)Nc1ccc(F)cc1)c1ccccc1)c1ccc2c(c1)OCO2. The van der Waals surface area contributed by atoms with Crippen molar-refractivity contribution < 1.29 is 28.2 Å². The van der Waals surface area contributed by atoms with E-state index in [1.807, 2.05) is 0 Å². The van der Waals surface area contributed by atoms with Crippen LogP contribution in [0.4, 0.5) is 10.1 Å². The average Bonchev–Trinajstić information content (AvgIpc) is 3.22. The highest BCUT2D eigenvalue weighted by Crippen LogP contribution is 2.33. The van der Waals surface area contributed by atoms with Crippen LogP contribution in [0.5, 0.6) is 11.5 Å². The number of ether oxygens (including phenoxy) is 3. The molecule has 1 atom stereocenters. The van der Waals surface area contributed by atoms with E-state index in [1.165, 1.54) is 36.4 Å². The minimum atomic E-state index is -1.20. The second kappa shape index (κ2) is 8.02. The highest BCUT2D eigenvalue weighted by atomic mass is 19.1. The largest absolute Gasteiger partial charge is 0.454 e. The van der Waals surface area contributed by atoms with Gasteiger partial charge in [-0.1, -0.05) is 30.3 Å². The molecule has 1 N–H and O–H groups in total. The van der Waals surface area contributed by atoms with Gasteiger partial charge in [-0.3, -0.25) is 4.79 Å². The maximum Gasteiger partial charge on any atom is 0.339 e. The van der Waals surface area contributed by atoms with E-state index in [0.717, 1.165) is 0 Å². The third kappa shape index (κ3) is 4.19. The third-order valence-electron chi connectivity index (χ3n) is 4.29. The number of anilines is 1. The summed E-state index contributed by atoms with van der Waals surface area (Å²) in [7, 11) is 0. The number of esters is 1. The summed E-state index contributed by atoms with van der Waals surface area (Å²) in [5.74, 6) is -0.693. The summed E-state index contributed by atoms with van der Waals surface area (Å²) in [4.78, 5) is 25.5. The van der Waals surface area contributed by atoms with Gasteiger partial charge in [-0.25, -0.2) is 9.18 Å². The van der Waals surface area contributed by atoms with Crippen LogP contribution in [0.3, 0.4) is 0 Å². The molecule has 0 bridgehead atoms. The summed E-state index contributed by atoms with van der Waals surface area (Å²) in [6.45, 7) is 0.0839. The van der Waals surface area contributed by atoms with Crippen molar-refractivity contribution in [2.45, 2.75) is 6.10 Å². The number of amides is 1. The summed E-state index contributed by atoms with van der Waals surface area (Å²) in [5, 5.41) is 2.64. The Labute approximate surface area is 165 Å². The lowest BCUT2D eigenvalue weighted by Gasteiger charge is -2.18. The zero-order valence-corrected chi connectivity index (χ0v) is 15.1. The van der Waals surface area contributed by atoms with Crippen LogP contribution in [0.2, 0.25) is 0 Å². The summed E-state index contributed by atoms with van der Waals surface area (Å²) in [6.07, 6.45) is -1.20.